The van der Waals surface area contributed by atoms with Crippen LogP contribution in [-0.4, -0.2) is 52.6 Å². The van der Waals surface area contributed by atoms with Gasteiger partial charge in [0.25, 0.3) is 0 Å². The molecule has 6 nitrogen and oxygen atoms in total. The first-order valence-corrected chi connectivity index (χ1v) is 5.25. The summed E-state index contributed by atoms with van der Waals surface area (Å²) in [7, 11) is 5.33. The third-order valence-corrected chi connectivity index (χ3v) is 2.64. The lowest BCUT2D eigenvalue weighted by Crippen LogP contribution is -2.33. The van der Waals surface area contributed by atoms with Crippen molar-refractivity contribution in [2.75, 3.05) is 28.4 Å². The number of methoxy groups -OCH3 is 4. The predicted molar refractivity (Wildman–Crippen MR) is 61.8 cm³/mol. The molecule has 18 heavy (non-hydrogen) atoms. The van der Waals surface area contributed by atoms with Gasteiger partial charge in [-0.15, -0.1) is 0 Å². The van der Waals surface area contributed by atoms with Gasteiger partial charge in [0.05, 0.1) is 25.4 Å². The summed E-state index contributed by atoms with van der Waals surface area (Å²) in [5.74, 6) is -1.29. The molecule has 100 valence electrons. The topological polar surface area (TPSA) is 71.1 Å². The van der Waals surface area contributed by atoms with Crippen LogP contribution in [0.5, 0.6) is 0 Å². The van der Waals surface area contributed by atoms with Gasteiger partial charge < -0.3 is 18.9 Å². The zero-order valence-corrected chi connectivity index (χ0v) is 10.8. The van der Waals surface area contributed by atoms with Gasteiger partial charge >= 0.3 is 11.9 Å². The second-order valence-corrected chi connectivity index (χ2v) is 3.51. The minimum absolute atomic E-state index is 0.0983. The van der Waals surface area contributed by atoms with Gasteiger partial charge in [0, 0.05) is 14.2 Å². The van der Waals surface area contributed by atoms with Gasteiger partial charge in [-0.25, -0.2) is 9.59 Å². The Hall–Kier alpha value is -1.66. The van der Waals surface area contributed by atoms with Gasteiger partial charge in [-0.1, -0.05) is 12.2 Å². The highest BCUT2D eigenvalue weighted by Crippen LogP contribution is 2.26. The molecular weight excluding hydrogens is 240 g/mol. The van der Waals surface area contributed by atoms with Crippen molar-refractivity contribution in [1.82, 2.24) is 0 Å². The molecule has 0 aliphatic heterocycles. The zero-order chi connectivity index (χ0) is 13.7. The van der Waals surface area contributed by atoms with Gasteiger partial charge in [0.1, 0.15) is 12.2 Å². The van der Waals surface area contributed by atoms with E-state index in [9.17, 15) is 9.59 Å². The Morgan fingerprint density at radius 3 is 1.39 bits per heavy atom. The van der Waals surface area contributed by atoms with E-state index < -0.39 is 24.1 Å². The highest BCUT2D eigenvalue weighted by molar-refractivity contribution is 6.02. The number of ether oxygens (including phenoxy) is 4. The zero-order valence-electron chi connectivity index (χ0n) is 10.8. The van der Waals surface area contributed by atoms with E-state index in [1.807, 2.05) is 0 Å². The van der Waals surface area contributed by atoms with E-state index in [0.717, 1.165) is 0 Å². The first-order valence-electron chi connectivity index (χ1n) is 5.25. The first kappa shape index (κ1) is 14.4. The molecule has 0 radical (unpaired) electrons. The molecule has 1 rings (SSSR count). The summed E-state index contributed by atoms with van der Waals surface area (Å²) in [4.78, 5) is 23.5. The summed E-state index contributed by atoms with van der Waals surface area (Å²) in [5.41, 5.74) is 0.197. The number of hydrogen-bond acceptors (Lipinski definition) is 6. The Labute approximate surface area is 105 Å². The molecule has 0 N–H and O–H groups in total. The van der Waals surface area contributed by atoms with Crippen molar-refractivity contribution in [3.8, 4) is 0 Å². The van der Waals surface area contributed by atoms with Crippen LogP contribution >= 0.6 is 0 Å². The van der Waals surface area contributed by atoms with Crippen LogP contribution in [0.4, 0.5) is 0 Å². The van der Waals surface area contributed by atoms with E-state index in [4.69, 9.17) is 9.47 Å². The standard InChI is InChI=1S/C12H16O6/c1-15-7-5-6-8(16-2)10(12(14)18-4)9(7)11(13)17-3/h5-8H,1-4H3. The van der Waals surface area contributed by atoms with Gasteiger partial charge in [0.15, 0.2) is 0 Å². The molecule has 0 saturated heterocycles. The lowest BCUT2D eigenvalue weighted by atomic mass is 9.92. The maximum absolute atomic E-state index is 11.8. The van der Waals surface area contributed by atoms with Crippen molar-refractivity contribution < 1.29 is 28.5 Å². The molecule has 0 bridgehead atoms. The molecule has 0 aromatic carbocycles. The van der Waals surface area contributed by atoms with Gasteiger partial charge in [-0.05, 0) is 0 Å². The number of carbonyl (C=O) groups excluding carboxylic acids is 2. The highest BCUT2D eigenvalue weighted by atomic mass is 16.5. The molecule has 0 spiro atoms. The number of hydrogen-bond donors (Lipinski definition) is 0. The van der Waals surface area contributed by atoms with E-state index in [2.05, 4.69) is 9.47 Å². The second kappa shape index (κ2) is 6.32. The van der Waals surface area contributed by atoms with Crippen molar-refractivity contribution in [3.05, 3.63) is 23.3 Å². The van der Waals surface area contributed by atoms with Crippen molar-refractivity contribution in [2.45, 2.75) is 12.2 Å². The average Bonchev–Trinajstić information content (AvgIpc) is 2.43. The fourth-order valence-electron chi connectivity index (χ4n) is 1.77. The van der Waals surface area contributed by atoms with Gasteiger partial charge in [-0.3, -0.25) is 0 Å². The summed E-state index contributed by atoms with van der Waals surface area (Å²) in [6, 6.07) is 0. The van der Waals surface area contributed by atoms with Crippen LogP contribution in [0.25, 0.3) is 0 Å². The predicted octanol–water partition coefficient (Wildman–Crippen LogP) is 0.229. The van der Waals surface area contributed by atoms with Crippen LogP contribution in [0.3, 0.4) is 0 Å². The van der Waals surface area contributed by atoms with E-state index in [-0.39, 0.29) is 11.1 Å². The van der Waals surface area contributed by atoms with Crippen molar-refractivity contribution in [3.63, 3.8) is 0 Å². The maximum atomic E-state index is 11.8. The molecule has 6 heteroatoms. The highest BCUT2D eigenvalue weighted by Gasteiger charge is 2.35. The molecule has 1 aliphatic carbocycles. The van der Waals surface area contributed by atoms with Crippen molar-refractivity contribution in [2.24, 2.45) is 0 Å². The van der Waals surface area contributed by atoms with Gasteiger partial charge in [0.2, 0.25) is 0 Å². The van der Waals surface area contributed by atoms with Crippen LogP contribution in [0.15, 0.2) is 23.3 Å². The summed E-state index contributed by atoms with van der Waals surface area (Å²) < 4.78 is 19.6. The fraction of sp³-hybridized carbons (Fsp3) is 0.500. The quantitative estimate of drug-likeness (QED) is 0.529. The molecule has 0 heterocycles. The summed E-state index contributed by atoms with van der Waals surface area (Å²) in [6.07, 6.45) is 1.95. The number of esters is 2. The SMILES string of the molecule is COC(=O)C1=C(C(=O)OC)C(OC)C=CC1OC. The molecule has 2 atom stereocenters. The van der Waals surface area contributed by atoms with Crippen LogP contribution in [0.1, 0.15) is 0 Å². The smallest absolute Gasteiger partial charge is 0.337 e. The first-order chi connectivity index (χ1) is 8.60. The number of carbonyl (C=O) groups is 2. The Morgan fingerprint density at radius 1 is 0.833 bits per heavy atom. The molecule has 0 saturated carbocycles. The van der Waals surface area contributed by atoms with Crippen LogP contribution < -0.4 is 0 Å². The fourth-order valence-corrected chi connectivity index (χ4v) is 1.77. The summed E-state index contributed by atoms with van der Waals surface area (Å²) >= 11 is 0. The minimum atomic E-state index is -0.655. The lowest BCUT2D eigenvalue weighted by Gasteiger charge is -2.25. The van der Waals surface area contributed by atoms with E-state index in [1.165, 1.54) is 28.4 Å². The van der Waals surface area contributed by atoms with Crippen LogP contribution in [0.2, 0.25) is 0 Å². The number of rotatable bonds is 4. The Morgan fingerprint density at radius 2 is 1.17 bits per heavy atom. The third kappa shape index (κ3) is 2.60. The Balaban J connectivity index is 3.33. The minimum Gasteiger partial charge on any atom is -0.466 e. The summed E-state index contributed by atoms with van der Waals surface area (Å²) in [5, 5.41) is 0. The molecule has 0 amide bonds. The molecule has 1 aliphatic rings. The molecule has 0 fully saturated rings. The normalized spacial score (nSPS) is 22.9. The largest absolute Gasteiger partial charge is 0.466 e. The second-order valence-electron chi connectivity index (χ2n) is 3.51. The average molecular weight is 256 g/mol. The van der Waals surface area contributed by atoms with Crippen molar-refractivity contribution in [1.29, 1.82) is 0 Å². The van der Waals surface area contributed by atoms with Crippen LogP contribution in [-0.2, 0) is 28.5 Å². The Kier molecular flexibility index (Phi) is 5.06. The molecule has 2 unspecified atom stereocenters. The third-order valence-electron chi connectivity index (χ3n) is 2.64. The van der Waals surface area contributed by atoms with Crippen molar-refractivity contribution >= 4 is 11.9 Å². The van der Waals surface area contributed by atoms with Gasteiger partial charge in [-0.2, -0.15) is 0 Å². The van der Waals surface area contributed by atoms with E-state index in [0.29, 0.717) is 0 Å². The Bertz CT molecular complexity index is 359. The summed E-state index contributed by atoms with van der Waals surface area (Å²) in [6.45, 7) is 0. The molecule has 0 aromatic rings. The molecular formula is C12H16O6. The van der Waals surface area contributed by atoms with E-state index >= 15 is 0 Å². The molecule has 0 aromatic heterocycles. The monoisotopic (exact) mass is 256 g/mol. The lowest BCUT2D eigenvalue weighted by molar-refractivity contribution is -0.141. The van der Waals surface area contributed by atoms with E-state index in [1.54, 1.807) is 12.2 Å². The van der Waals surface area contributed by atoms with Crippen LogP contribution in [0, 0.1) is 0 Å². The maximum Gasteiger partial charge on any atom is 0.337 e.